The summed E-state index contributed by atoms with van der Waals surface area (Å²) in [4.78, 5) is 25.7. The summed E-state index contributed by atoms with van der Waals surface area (Å²) in [6.07, 6.45) is 0.655. The van der Waals surface area contributed by atoms with Crippen LogP contribution in [0.4, 0.5) is 5.69 Å². The maximum atomic E-state index is 12.0. The van der Waals surface area contributed by atoms with Crippen LogP contribution in [0.3, 0.4) is 0 Å². The summed E-state index contributed by atoms with van der Waals surface area (Å²) >= 11 is 0. The molecule has 1 aliphatic rings. The molecule has 1 atom stereocenters. The number of para-hydroxylation sites is 2. The predicted molar refractivity (Wildman–Crippen MR) is 89.3 cm³/mol. The molecule has 6 heteroatoms. The second kappa shape index (κ2) is 7.00. The van der Waals surface area contributed by atoms with Crippen molar-refractivity contribution >= 4 is 17.5 Å². The minimum absolute atomic E-state index is 0.0538. The maximum absolute atomic E-state index is 12.0. The van der Waals surface area contributed by atoms with E-state index < -0.39 is 6.04 Å². The standard InChI is InChI=1S/C17H25N3O3/c1-17(2,3)15(18)16(22)19-9-6-10-20-12-7-4-5-8-13(12)23-11-14(20)21/h4-5,7-8,15H,6,9-11,18H2,1-3H3,(H,19,22)/t15-/m1/s1. The van der Waals surface area contributed by atoms with Gasteiger partial charge in [-0.05, 0) is 24.0 Å². The number of fused-ring (bicyclic) bond motifs is 1. The predicted octanol–water partition coefficient (Wildman–Crippen LogP) is 1.29. The lowest BCUT2D eigenvalue weighted by molar-refractivity contribution is -0.124. The zero-order chi connectivity index (χ0) is 17.0. The van der Waals surface area contributed by atoms with Gasteiger partial charge in [0.15, 0.2) is 6.61 Å². The number of nitrogens with two attached hydrogens (primary N) is 1. The number of carbonyl (C=O) groups is 2. The highest BCUT2D eigenvalue weighted by atomic mass is 16.5. The van der Waals surface area contributed by atoms with E-state index in [1.54, 1.807) is 4.90 Å². The molecular formula is C17H25N3O3. The van der Waals surface area contributed by atoms with E-state index >= 15 is 0 Å². The lowest BCUT2D eigenvalue weighted by Crippen LogP contribution is -2.49. The summed E-state index contributed by atoms with van der Waals surface area (Å²) in [5.74, 6) is 0.485. The second-order valence-corrected chi connectivity index (χ2v) is 6.79. The van der Waals surface area contributed by atoms with Crippen LogP contribution in [0, 0.1) is 5.41 Å². The normalized spacial score (nSPS) is 15.7. The molecule has 126 valence electrons. The fourth-order valence-electron chi connectivity index (χ4n) is 2.35. The lowest BCUT2D eigenvalue weighted by Gasteiger charge is -2.29. The largest absolute Gasteiger partial charge is 0.482 e. The quantitative estimate of drug-likeness (QED) is 0.801. The van der Waals surface area contributed by atoms with Crippen molar-refractivity contribution in [2.24, 2.45) is 11.1 Å². The number of hydrogen-bond donors (Lipinski definition) is 2. The van der Waals surface area contributed by atoms with Crippen molar-refractivity contribution in [1.29, 1.82) is 0 Å². The third-order valence-corrected chi connectivity index (χ3v) is 3.88. The number of hydrogen-bond acceptors (Lipinski definition) is 4. The van der Waals surface area contributed by atoms with Crippen LogP contribution in [0.1, 0.15) is 27.2 Å². The Morgan fingerprint density at radius 3 is 2.78 bits per heavy atom. The molecule has 0 spiro atoms. The van der Waals surface area contributed by atoms with Crippen molar-refractivity contribution in [1.82, 2.24) is 5.32 Å². The molecule has 0 bridgehead atoms. The van der Waals surface area contributed by atoms with Crippen LogP contribution in [0.5, 0.6) is 5.75 Å². The Morgan fingerprint density at radius 1 is 1.39 bits per heavy atom. The van der Waals surface area contributed by atoms with Crippen molar-refractivity contribution < 1.29 is 14.3 Å². The number of carbonyl (C=O) groups excluding carboxylic acids is 2. The summed E-state index contributed by atoms with van der Waals surface area (Å²) in [6.45, 7) is 6.86. The third kappa shape index (κ3) is 4.22. The number of rotatable bonds is 5. The molecule has 1 aromatic rings. The molecule has 1 heterocycles. The molecule has 0 radical (unpaired) electrons. The van der Waals surface area contributed by atoms with Gasteiger partial charge in [0.1, 0.15) is 5.75 Å². The number of ether oxygens (including phenoxy) is 1. The third-order valence-electron chi connectivity index (χ3n) is 3.88. The van der Waals surface area contributed by atoms with Gasteiger partial charge in [-0.15, -0.1) is 0 Å². The average Bonchev–Trinajstić information content (AvgIpc) is 2.51. The van der Waals surface area contributed by atoms with Crippen LogP contribution in [0.2, 0.25) is 0 Å². The van der Waals surface area contributed by atoms with Gasteiger partial charge < -0.3 is 20.7 Å². The van der Waals surface area contributed by atoms with Crippen LogP contribution in [0.15, 0.2) is 24.3 Å². The van der Waals surface area contributed by atoms with E-state index in [1.165, 1.54) is 0 Å². The van der Waals surface area contributed by atoms with Gasteiger partial charge in [-0.25, -0.2) is 0 Å². The Kier molecular flexibility index (Phi) is 5.26. The first-order chi connectivity index (χ1) is 10.8. The Labute approximate surface area is 137 Å². The highest BCUT2D eigenvalue weighted by Crippen LogP contribution is 2.31. The summed E-state index contributed by atoms with van der Waals surface area (Å²) < 4.78 is 5.40. The van der Waals surface area contributed by atoms with Crippen LogP contribution in [-0.2, 0) is 9.59 Å². The van der Waals surface area contributed by atoms with E-state index in [2.05, 4.69) is 5.32 Å². The van der Waals surface area contributed by atoms with Gasteiger partial charge in [-0.1, -0.05) is 32.9 Å². The zero-order valence-corrected chi connectivity index (χ0v) is 14.0. The molecule has 0 saturated carbocycles. The fraction of sp³-hybridized carbons (Fsp3) is 0.529. The monoisotopic (exact) mass is 319 g/mol. The summed E-state index contributed by atoms with van der Waals surface area (Å²) in [7, 11) is 0. The van der Waals surface area contributed by atoms with Crippen molar-refractivity contribution in [3.63, 3.8) is 0 Å². The lowest BCUT2D eigenvalue weighted by atomic mass is 9.87. The Morgan fingerprint density at radius 2 is 2.09 bits per heavy atom. The SMILES string of the molecule is CC(C)(C)[C@H](N)C(=O)NCCCN1C(=O)COc2ccccc21. The Hall–Kier alpha value is -2.08. The molecular weight excluding hydrogens is 294 g/mol. The molecule has 1 aliphatic heterocycles. The topological polar surface area (TPSA) is 84.7 Å². The average molecular weight is 319 g/mol. The first-order valence-corrected chi connectivity index (χ1v) is 7.86. The van der Waals surface area contributed by atoms with Crippen LogP contribution in [-0.4, -0.2) is 37.6 Å². The molecule has 2 rings (SSSR count). The molecule has 23 heavy (non-hydrogen) atoms. The molecule has 3 N–H and O–H groups in total. The van der Waals surface area contributed by atoms with E-state index in [0.717, 1.165) is 5.69 Å². The summed E-state index contributed by atoms with van der Waals surface area (Å²) in [6, 6.07) is 6.91. The number of benzene rings is 1. The van der Waals surface area contributed by atoms with Gasteiger partial charge in [0.25, 0.3) is 5.91 Å². The first kappa shape index (κ1) is 17.3. The molecule has 6 nitrogen and oxygen atoms in total. The Balaban J connectivity index is 1.85. The molecule has 0 unspecified atom stereocenters. The van der Waals surface area contributed by atoms with Gasteiger partial charge >= 0.3 is 0 Å². The molecule has 2 amide bonds. The highest BCUT2D eigenvalue weighted by molar-refractivity contribution is 5.97. The van der Waals surface area contributed by atoms with E-state index in [4.69, 9.17) is 10.5 Å². The second-order valence-electron chi connectivity index (χ2n) is 6.79. The van der Waals surface area contributed by atoms with Gasteiger partial charge in [-0.3, -0.25) is 9.59 Å². The van der Waals surface area contributed by atoms with Gasteiger partial charge in [0.2, 0.25) is 5.91 Å². The van der Waals surface area contributed by atoms with Crippen molar-refractivity contribution in [2.45, 2.75) is 33.2 Å². The van der Waals surface area contributed by atoms with Crippen molar-refractivity contribution in [3.05, 3.63) is 24.3 Å². The van der Waals surface area contributed by atoms with Crippen molar-refractivity contribution in [2.75, 3.05) is 24.6 Å². The van der Waals surface area contributed by atoms with Crippen molar-refractivity contribution in [3.8, 4) is 5.75 Å². The minimum atomic E-state index is -0.548. The summed E-state index contributed by atoms with van der Waals surface area (Å²) in [5.41, 5.74) is 6.42. The smallest absolute Gasteiger partial charge is 0.265 e. The summed E-state index contributed by atoms with van der Waals surface area (Å²) in [5, 5.41) is 2.83. The van der Waals surface area contributed by atoms with Gasteiger partial charge in [0.05, 0.1) is 11.7 Å². The van der Waals surface area contributed by atoms with E-state index in [0.29, 0.717) is 25.3 Å². The zero-order valence-electron chi connectivity index (χ0n) is 14.0. The minimum Gasteiger partial charge on any atom is -0.482 e. The van der Waals surface area contributed by atoms with E-state index in [9.17, 15) is 9.59 Å². The molecule has 0 aliphatic carbocycles. The van der Waals surface area contributed by atoms with E-state index in [1.807, 2.05) is 45.0 Å². The van der Waals surface area contributed by atoms with Crippen LogP contribution in [0.25, 0.3) is 0 Å². The molecule has 0 aromatic heterocycles. The van der Waals surface area contributed by atoms with E-state index in [-0.39, 0.29) is 23.8 Å². The number of nitrogens with zero attached hydrogens (tertiary/aromatic N) is 1. The first-order valence-electron chi connectivity index (χ1n) is 7.86. The molecule has 0 saturated heterocycles. The fourth-order valence-corrected chi connectivity index (χ4v) is 2.35. The van der Waals surface area contributed by atoms with Crippen LogP contribution >= 0.6 is 0 Å². The number of amides is 2. The van der Waals surface area contributed by atoms with Crippen LogP contribution < -0.4 is 20.7 Å². The number of nitrogens with one attached hydrogen (secondary N) is 1. The number of anilines is 1. The maximum Gasteiger partial charge on any atom is 0.265 e. The van der Waals surface area contributed by atoms with Gasteiger partial charge in [0, 0.05) is 13.1 Å². The molecule has 1 aromatic carbocycles. The van der Waals surface area contributed by atoms with Gasteiger partial charge in [-0.2, -0.15) is 0 Å². The molecule has 0 fully saturated rings. The highest BCUT2D eigenvalue weighted by Gasteiger charge is 2.27. The Bertz CT molecular complexity index is 581.